The molecule has 1 N–H and O–H groups in total. The molecule has 5 atom stereocenters. The summed E-state index contributed by atoms with van der Waals surface area (Å²) in [5.41, 5.74) is 0.740. The number of carboxylic acids is 1. The summed E-state index contributed by atoms with van der Waals surface area (Å²) in [6, 6.07) is 0. The third-order valence-corrected chi connectivity index (χ3v) is 11.3. The predicted octanol–water partition coefficient (Wildman–Crippen LogP) is 11.5. The van der Waals surface area contributed by atoms with E-state index in [1.165, 1.54) is 89.0 Å². The highest BCUT2D eigenvalue weighted by atomic mass is 16.5. The number of ether oxygens (including phenoxy) is 1. The van der Waals surface area contributed by atoms with Crippen LogP contribution in [0.5, 0.6) is 0 Å². The third kappa shape index (κ3) is 12.0. The van der Waals surface area contributed by atoms with Gasteiger partial charge in [-0.05, 0) is 81.5 Å². The summed E-state index contributed by atoms with van der Waals surface area (Å²) in [5.74, 6) is 0.440. The molecule has 0 bridgehead atoms. The Morgan fingerprint density at radius 3 is 1.98 bits per heavy atom. The molecule has 4 nitrogen and oxygen atoms in total. The molecular weight excluding hydrogens is 520 g/mol. The monoisotopic (exact) mass is 589 g/mol. The van der Waals surface area contributed by atoms with Crippen LogP contribution in [0.1, 0.15) is 182 Å². The van der Waals surface area contributed by atoms with Gasteiger partial charge < -0.3 is 9.84 Å². The standard InChI is InChI=1S/C38H68O4/c1-6-7-8-9-10-11-12-13-14-15-16-17-18-19-20-22-35(39)42-30-27-31(2)23-25-33-32(3)24-26-34-37(33,4)28-21-29-38(34,5)36(40)41/h31,33-34H,3,6-30H2,1-2,4-5H3,(H,40,41)/t31-,33-,34+,37+,38-/m0/s1. The summed E-state index contributed by atoms with van der Waals surface area (Å²) >= 11 is 0. The number of aliphatic carboxylic acids is 1. The molecule has 0 heterocycles. The van der Waals surface area contributed by atoms with Crippen LogP contribution in [0.25, 0.3) is 0 Å². The van der Waals surface area contributed by atoms with Crippen LogP contribution in [-0.2, 0) is 14.3 Å². The van der Waals surface area contributed by atoms with E-state index >= 15 is 0 Å². The highest BCUT2D eigenvalue weighted by Gasteiger charge is 2.57. The Morgan fingerprint density at radius 2 is 1.43 bits per heavy atom. The first-order valence-corrected chi connectivity index (χ1v) is 18.2. The molecule has 0 aliphatic heterocycles. The molecule has 4 heteroatoms. The molecule has 2 aliphatic carbocycles. The molecule has 2 saturated carbocycles. The maximum atomic E-state index is 12.2. The molecule has 2 fully saturated rings. The van der Waals surface area contributed by atoms with Crippen LogP contribution in [0.4, 0.5) is 0 Å². The van der Waals surface area contributed by atoms with Crippen molar-refractivity contribution in [3.63, 3.8) is 0 Å². The highest BCUT2D eigenvalue weighted by molar-refractivity contribution is 5.75. The summed E-state index contributed by atoms with van der Waals surface area (Å²) in [6.07, 6.45) is 28.4. The normalized spacial score (nSPS) is 26.5. The molecule has 0 aromatic carbocycles. The van der Waals surface area contributed by atoms with E-state index in [4.69, 9.17) is 4.74 Å². The minimum Gasteiger partial charge on any atom is -0.481 e. The lowest BCUT2D eigenvalue weighted by Crippen LogP contribution is -2.53. The van der Waals surface area contributed by atoms with E-state index in [1.807, 2.05) is 6.92 Å². The van der Waals surface area contributed by atoms with Gasteiger partial charge in [0.25, 0.3) is 0 Å². The van der Waals surface area contributed by atoms with Crippen molar-refractivity contribution in [1.82, 2.24) is 0 Å². The number of carbonyl (C=O) groups excluding carboxylic acids is 1. The zero-order chi connectivity index (χ0) is 30.8. The minimum atomic E-state index is -0.621. The number of rotatable bonds is 23. The van der Waals surface area contributed by atoms with Crippen LogP contribution in [0, 0.1) is 28.6 Å². The van der Waals surface area contributed by atoms with Crippen molar-refractivity contribution in [2.24, 2.45) is 28.6 Å². The second kappa shape index (κ2) is 19.9. The molecule has 2 rings (SSSR count). The molecule has 0 amide bonds. The average molecular weight is 589 g/mol. The van der Waals surface area contributed by atoms with E-state index in [1.54, 1.807) is 0 Å². The molecule has 0 unspecified atom stereocenters. The smallest absolute Gasteiger partial charge is 0.309 e. The molecule has 2 aliphatic rings. The van der Waals surface area contributed by atoms with Crippen molar-refractivity contribution in [3.05, 3.63) is 12.2 Å². The van der Waals surface area contributed by atoms with Crippen molar-refractivity contribution in [3.8, 4) is 0 Å². The first kappa shape index (κ1) is 36.9. The van der Waals surface area contributed by atoms with Gasteiger partial charge >= 0.3 is 11.9 Å². The van der Waals surface area contributed by atoms with E-state index in [-0.39, 0.29) is 17.3 Å². The van der Waals surface area contributed by atoms with Crippen LogP contribution in [-0.4, -0.2) is 23.7 Å². The van der Waals surface area contributed by atoms with Gasteiger partial charge in [0, 0.05) is 6.42 Å². The van der Waals surface area contributed by atoms with Gasteiger partial charge in [-0.25, -0.2) is 0 Å². The number of carbonyl (C=O) groups is 2. The Kier molecular flexibility index (Phi) is 17.4. The van der Waals surface area contributed by atoms with E-state index in [0.29, 0.717) is 24.9 Å². The molecule has 0 spiro atoms. The van der Waals surface area contributed by atoms with E-state index in [0.717, 1.165) is 64.2 Å². The van der Waals surface area contributed by atoms with Crippen molar-refractivity contribution in [1.29, 1.82) is 0 Å². The van der Waals surface area contributed by atoms with E-state index in [9.17, 15) is 14.7 Å². The zero-order valence-corrected chi connectivity index (χ0v) is 28.3. The van der Waals surface area contributed by atoms with E-state index in [2.05, 4.69) is 27.4 Å². The number of allylic oxidation sites excluding steroid dienone is 1. The van der Waals surface area contributed by atoms with Gasteiger partial charge in [-0.3, -0.25) is 9.59 Å². The molecule has 42 heavy (non-hydrogen) atoms. The fourth-order valence-electron chi connectivity index (χ4n) is 8.42. The maximum Gasteiger partial charge on any atom is 0.309 e. The quantitative estimate of drug-likeness (QED) is 0.0732. The largest absolute Gasteiger partial charge is 0.481 e. The summed E-state index contributed by atoms with van der Waals surface area (Å²) in [5, 5.41) is 10.1. The van der Waals surface area contributed by atoms with Crippen LogP contribution >= 0.6 is 0 Å². The summed E-state index contributed by atoms with van der Waals surface area (Å²) in [4.78, 5) is 24.5. The fraction of sp³-hybridized carbons (Fsp3) is 0.895. The molecular formula is C38H68O4. The fourth-order valence-corrected chi connectivity index (χ4v) is 8.42. The Labute approximate surface area is 260 Å². The van der Waals surface area contributed by atoms with E-state index < -0.39 is 11.4 Å². The van der Waals surface area contributed by atoms with Crippen LogP contribution in [0.15, 0.2) is 12.2 Å². The van der Waals surface area contributed by atoms with Crippen molar-refractivity contribution >= 4 is 11.9 Å². The average Bonchev–Trinajstić information content (AvgIpc) is 2.94. The lowest BCUT2D eigenvalue weighted by atomic mass is 9.46. The SMILES string of the molecule is C=C1CC[C@@H]2[C@](C)(CCC[C@]2(C)C(=O)O)[C@H]1CC[C@H](C)CCOC(=O)CCCCCCCCCCCCCCCCC. The predicted molar refractivity (Wildman–Crippen MR) is 177 cm³/mol. The van der Waals surface area contributed by atoms with Gasteiger partial charge in [0.15, 0.2) is 0 Å². The van der Waals surface area contributed by atoms with Crippen LogP contribution in [0.2, 0.25) is 0 Å². The number of hydrogen-bond acceptors (Lipinski definition) is 3. The minimum absolute atomic E-state index is 0.0279. The Bertz CT molecular complexity index is 790. The second-order valence-electron chi connectivity index (χ2n) is 14.8. The van der Waals surface area contributed by atoms with Crippen molar-refractivity contribution in [2.75, 3.05) is 6.61 Å². The zero-order valence-electron chi connectivity index (χ0n) is 28.3. The molecule has 0 saturated heterocycles. The number of fused-ring (bicyclic) bond motifs is 1. The summed E-state index contributed by atoms with van der Waals surface area (Å²) in [7, 11) is 0. The molecule has 244 valence electrons. The Morgan fingerprint density at radius 1 is 0.881 bits per heavy atom. The van der Waals surface area contributed by atoms with Crippen molar-refractivity contribution < 1.29 is 19.4 Å². The van der Waals surface area contributed by atoms with Gasteiger partial charge in [0.05, 0.1) is 12.0 Å². The Balaban J connectivity index is 1.50. The lowest BCUT2D eigenvalue weighted by Gasteiger charge is -2.57. The molecule has 0 aromatic rings. The summed E-state index contributed by atoms with van der Waals surface area (Å²) in [6.45, 7) is 13.8. The number of carboxylic acid groups (broad SMARTS) is 1. The third-order valence-electron chi connectivity index (χ3n) is 11.3. The van der Waals surface area contributed by atoms with Gasteiger partial charge in [0.2, 0.25) is 0 Å². The lowest BCUT2D eigenvalue weighted by molar-refractivity contribution is -0.164. The van der Waals surface area contributed by atoms with Gasteiger partial charge in [-0.1, -0.05) is 129 Å². The maximum absolute atomic E-state index is 12.2. The highest BCUT2D eigenvalue weighted by Crippen LogP contribution is 2.62. The van der Waals surface area contributed by atoms with Gasteiger partial charge in [-0.15, -0.1) is 0 Å². The number of esters is 1. The molecule has 0 aromatic heterocycles. The topological polar surface area (TPSA) is 63.6 Å². The number of unbranched alkanes of at least 4 members (excludes halogenated alkanes) is 14. The van der Waals surface area contributed by atoms with Crippen LogP contribution < -0.4 is 0 Å². The van der Waals surface area contributed by atoms with Gasteiger partial charge in [0.1, 0.15) is 0 Å². The van der Waals surface area contributed by atoms with Crippen molar-refractivity contribution in [2.45, 2.75) is 182 Å². The van der Waals surface area contributed by atoms with Crippen LogP contribution in [0.3, 0.4) is 0 Å². The first-order chi connectivity index (χ1) is 20.1. The Hall–Kier alpha value is -1.32. The number of hydrogen-bond donors (Lipinski definition) is 1. The second-order valence-corrected chi connectivity index (χ2v) is 14.8. The first-order valence-electron chi connectivity index (χ1n) is 18.2. The summed E-state index contributed by atoms with van der Waals surface area (Å²) < 4.78 is 5.58. The van der Waals surface area contributed by atoms with Gasteiger partial charge in [-0.2, -0.15) is 0 Å². The molecule has 0 radical (unpaired) electrons.